The van der Waals surface area contributed by atoms with E-state index in [0.29, 0.717) is 0 Å². The minimum atomic E-state index is -0.791. The van der Waals surface area contributed by atoms with Gasteiger partial charge in [0.1, 0.15) is 5.60 Å². The van der Waals surface area contributed by atoms with Crippen LogP contribution in [0.4, 0.5) is 4.79 Å². The third kappa shape index (κ3) is 8.95. The second kappa shape index (κ2) is 6.06. The van der Waals surface area contributed by atoms with Crippen LogP contribution in [0, 0.1) is 0 Å². The van der Waals surface area contributed by atoms with Gasteiger partial charge in [-0.1, -0.05) is 0 Å². The maximum Gasteiger partial charge on any atom is 0.332 e. The predicted octanol–water partition coefficient (Wildman–Crippen LogP) is -0.300. The molecule has 5 N–H and O–H groups in total. The molecule has 0 rings (SSSR count). The van der Waals surface area contributed by atoms with Crippen LogP contribution in [0.5, 0.6) is 0 Å². The number of carbonyl (C=O) groups excluding carboxylic acids is 2. The third-order valence-electron chi connectivity index (χ3n) is 1.26. The number of urea groups is 1. The first-order valence-corrected chi connectivity index (χ1v) is 4.77. The number of hydrazone groups is 1. The van der Waals surface area contributed by atoms with Gasteiger partial charge in [0, 0.05) is 6.21 Å². The highest BCUT2D eigenvalue weighted by Crippen LogP contribution is 2.08. The maximum atomic E-state index is 11.3. The van der Waals surface area contributed by atoms with Gasteiger partial charge in [0.15, 0.2) is 0 Å². The highest BCUT2D eigenvalue weighted by molar-refractivity contribution is 5.78. The SMILES string of the molecule is CC(C)(C)OC(=O)CC(N)C=NNC(N)=O. The molecule has 0 bridgehead atoms. The maximum absolute atomic E-state index is 11.3. The van der Waals surface area contributed by atoms with Crippen LogP contribution >= 0.6 is 0 Å². The zero-order chi connectivity index (χ0) is 12.8. The Morgan fingerprint density at radius 2 is 2.06 bits per heavy atom. The molecule has 0 aromatic heterocycles. The van der Waals surface area contributed by atoms with E-state index in [1.807, 2.05) is 5.43 Å². The number of nitrogens with two attached hydrogens (primary N) is 2. The summed E-state index contributed by atoms with van der Waals surface area (Å²) < 4.78 is 5.04. The Balaban J connectivity index is 3.96. The number of nitrogens with one attached hydrogen (secondary N) is 1. The largest absolute Gasteiger partial charge is 0.460 e. The van der Waals surface area contributed by atoms with E-state index in [2.05, 4.69) is 5.10 Å². The summed E-state index contributed by atoms with van der Waals surface area (Å²) in [5, 5.41) is 3.44. The Kier molecular flexibility index (Phi) is 5.44. The molecule has 0 heterocycles. The van der Waals surface area contributed by atoms with Crippen LogP contribution in [-0.4, -0.2) is 29.9 Å². The molecule has 0 aromatic rings. The minimum absolute atomic E-state index is 0.0127. The highest BCUT2D eigenvalue weighted by Gasteiger charge is 2.17. The van der Waals surface area contributed by atoms with Gasteiger partial charge in [-0.2, -0.15) is 5.10 Å². The molecule has 0 aromatic carbocycles. The van der Waals surface area contributed by atoms with Gasteiger partial charge in [-0.25, -0.2) is 10.2 Å². The van der Waals surface area contributed by atoms with Crippen LogP contribution in [0.3, 0.4) is 0 Å². The van der Waals surface area contributed by atoms with Crippen LogP contribution in [0.2, 0.25) is 0 Å². The van der Waals surface area contributed by atoms with Gasteiger partial charge in [-0.3, -0.25) is 4.79 Å². The topological polar surface area (TPSA) is 120 Å². The summed E-state index contributed by atoms with van der Waals surface area (Å²) in [5.74, 6) is -0.425. The fraction of sp³-hybridized carbons (Fsp3) is 0.667. The lowest BCUT2D eigenvalue weighted by atomic mass is 10.2. The van der Waals surface area contributed by atoms with Crippen molar-refractivity contribution in [2.45, 2.75) is 38.8 Å². The van der Waals surface area contributed by atoms with Crippen molar-refractivity contribution in [3.05, 3.63) is 0 Å². The van der Waals surface area contributed by atoms with Crippen LogP contribution < -0.4 is 16.9 Å². The quantitative estimate of drug-likeness (QED) is 0.349. The lowest BCUT2D eigenvalue weighted by Crippen LogP contribution is -2.32. The Labute approximate surface area is 94.2 Å². The summed E-state index contributed by atoms with van der Waals surface area (Å²) in [6.45, 7) is 5.29. The average Bonchev–Trinajstić information content (AvgIpc) is 1.98. The van der Waals surface area contributed by atoms with Gasteiger partial charge < -0.3 is 16.2 Å². The van der Waals surface area contributed by atoms with E-state index in [4.69, 9.17) is 16.2 Å². The van der Waals surface area contributed by atoms with Gasteiger partial charge in [-0.05, 0) is 20.8 Å². The Bertz CT molecular complexity index is 283. The Morgan fingerprint density at radius 1 is 1.50 bits per heavy atom. The zero-order valence-corrected chi connectivity index (χ0v) is 9.69. The molecule has 0 fully saturated rings. The van der Waals surface area contributed by atoms with Crippen molar-refractivity contribution < 1.29 is 14.3 Å². The van der Waals surface area contributed by atoms with Crippen molar-refractivity contribution in [1.29, 1.82) is 0 Å². The highest BCUT2D eigenvalue weighted by atomic mass is 16.6. The lowest BCUT2D eigenvalue weighted by Gasteiger charge is -2.20. The second-order valence-electron chi connectivity index (χ2n) is 4.21. The van der Waals surface area contributed by atoms with Crippen LogP contribution in [0.15, 0.2) is 5.10 Å². The molecule has 0 aliphatic rings. The number of rotatable bonds is 4. The van der Waals surface area contributed by atoms with Crippen molar-refractivity contribution in [2.75, 3.05) is 0 Å². The van der Waals surface area contributed by atoms with Crippen molar-refractivity contribution in [2.24, 2.45) is 16.6 Å². The van der Waals surface area contributed by atoms with E-state index in [9.17, 15) is 9.59 Å². The van der Waals surface area contributed by atoms with Gasteiger partial charge in [-0.15, -0.1) is 0 Å². The van der Waals surface area contributed by atoms with Crippen molar-refractivity contribution in [3.8, 4) is 0 Å². The van der Waals surface area contributed by atoms with E-state index in [1.54, 1.807) is 20.8 Å². The molecule has 92 valence electrons. The molecular weight excluding hydrogens is 212 g/mol. The number of nitrogens with zero attached hydrogens (tertiary/aromatic N) is 1. The zero-order valence-electron chi connectivity index (χ0n) is 9.69. The summed E-state index contributed by atoms with van der Waals surface area (Å²) in [4.78, 5) is 21.5. The molecule has 16 heavy (non-hydrogen) atoms. The molecule has 1 atom stereocenters. The van der Waals surface area contributed by atoms with Crippen LogP contribution in [0.1, 0.15) is 27.2 Å². The number of hydrogen-bond donors (Lipinski definition) is 3. The predicted molar refractivity (Wildman–Crippen MR) is 59.6 cm³/mol. The number of primary amides is 1. The van der Waals surface area contributed by atoms with Crippen LogP contribution in [-0.2, 0) is 9.53 Å². The van der Waals surface area contributed by atoms with Crippen molar-refractivity contribution in [1.82, 2.24) is 5.43 Å². The van der Waals surface area contributed by atoms with Crippen molar-refractivity contribution in [3.63, 3.8) is 0 Å². The van der Waals surface area contributed by atoms with Gasteiger partial charge in [0.2, 0.25) is 0 Å². The van der Waals surface area contributed by atoms with E-state index in [0.717, 1.165) is 0 Å². The minimum Gasteiger partial charge on any atom is -0.460 e. The fourth-order valence-electron chi connectivity index (χ4n) is 0.825. The summed E-state index contributed by atoms with van der Waals surface area (Å²) in [6.07, 6.45) is 1.20. The number of hydrogen-bond acceptors (Lipinski definition) is 5. The first kappa shape index (κ1) is 14.4. The second-order valence-corrected chi connectivity index (χ2v) is 4.21. The summed E-state index contributed by atoms with van der Waals surface area (Å²) in [7, 11) is 0. The van der Waals surface area contributed by atoms with Gasteiger partial charge in [0.25, 0.3) is 0 Å². The fourth-order valence-corrected chi connectivity index (χ4v) is 0.825. The smallest absolute Gasteiger partial charge is 0.332 e. The van der Waals surface area contributed by atoms with E-state index < -0.39 is 23.6 Å². The summed E-state index contributed by atoms with van der Waals surface area (Å²) >= 11 is 0. The van der Waals surface area contributed by atoms with Gasteiger partial charge in [0.05, 0.1) is 12.5 Å². The Morgan fingerprint density at radius 3 is 2.50 bits per heavy atom. The van der Waals surface area contributed by atoms with Crippen LogP contribution in [0.25, 0.3) is 0 Å². The number of amides is 2. The van der Waals surface area contributed by atoms with Crippen molar-refractivity contribution >= 4 is 18.2 Å². The monoisotopic (exact) mass is 230 g/mol. The first-order chi connectivity index (χ1) is 7.20. The Hall–Kier alpha value is -1.63. The third-order valence-corrected chi connectivity index (χ3v) is 1.26. The molecule has 0 radical (unpaired) electrons. The molecule has 7 heteroatoms. The van der Waals surface area contributed by atoms with E-state index in [1.165, 1.54) is 6.21 Å². The molecule has 2 amide bonds. The molecule has 7 nitrogen and oxygen atoms in total. The summed E-state index contributed by atoms with van der Waals surface area (Å²) in [6, 6.07) is -1.41. The standard InChI is InChI=1S/C9H18N4O3/c1-9(2,3)16-7(14)4-6(10)5-12-13-8(11)15/h5-6H,4,10H2,1-3H3,(H3,11,13,15). The summed E-state index contributed by atoms with van der Waals surface area (Å²) in [5.41, 5.74) is 11.7. The molecule has 1 unspecified atom stereocenters. The molecule has 0 aliphatic carbocycles. The normalized spacial score (nSPS) is 13.5. The molecule has 0 aliphatic heterocycles. The first-order valence-electron chi connectivity index (χ1n) is 4.77. The number of ether oxygens (including phenoxy) is 1. The molecule has 0 spiro atoms. The average molecular weight is 230 g/mol. The number of esters is 1. The molecule has 0 saturated heterocycles. The molecule has 0 saturated carbocycles. The lowest BCUT2D eigenvalue weighted by molar-refractivity contribution is -0.154. The van der Waals surface area contributed by atoms with Gasteiger partial charge >= 0.3 is 12.0 Å². The number of carbonyl (C=O) groups is 2. The van der Waals surface area contributed by atoms with E-state index in [-0.39, 0.29) is 6.42 Å². The molecular formula is C9H18N4O3. The van der Waals surface area contributed by atoms with E-state index >= 15 is 0 Å².